The third-order valence-electron chi connectivity index (χ3n) is 3.75. The fraction of sp³-hybridized carbons (Fsp3) is 0.263. The summed E-state index contributed by atoms with van der Waals surface area (Å²) >= 11 is 6.14. The fourth-order valence-corrected chi connectivity index (χ4v) is 2.91. The van der Waals surface area contributed by atoms with Gasteiger partial charge in [-0.25, -0.2) is 0 Å². The first kappa shape index (κ1) is 18.8. The molecule has 0 atom stereocenters. The maximum atomic E-state index is 12.1. The van der Waals surface area contributed by atoms with Crippen LogP contribution in [-0.2, 0) is 16.0 Å². The van der Waals surface area contributed by atoms with Gasteiger partial charge >= 0.3 is 11.8 Å². The van der Waals surface area contributed by atoms with E-state index >= 15 is 0 Å². The van der Waals surface area contributed by atoms with Gasteiger partial charge in [-0.3, -0.25) is 9.59 Å². The average Bonchev–Trinajstić information content (AvgIpc) is 2.58. The van der Waals surface area contributed by atoms with Crippen LogP contribution in [0.15, 0.2) is 36.4 Å². The van der Waals surface area contributed by atoms with Gasteiger partial charge in [0, 0.05) is 6.54 Å². The lowest BCUT2D eigenvalue weighted by molar-refractivity contribution is -0.136. The number of methoxy groups -OCH3 is 1. The molecule has 132 valence electrons. The molecule has 25 heavy (non-hydrogen) atoms. The Bertz CT molecular complexity index is 767. The number of hydrogen-bond acceptors (Lipinski definition) is 3. The molecular weight excluding hydrogens is 340 g/mol. The van der Waals surface area contributed by atoms with Gasteiger partial charge in [0.15, 0.2) is 0 Å². The Morgan fingerprint density at radius 1 is 1.12 bits per heavy atom. The van der Waals surface area contributed by atoms with Crippen molar-refractivity contribution in [2.45, 2.75) is 20.3 Å². The molecule has 2 N–H and O–H groups in total. The predicted molar refractivity (Wildman–Crippen MR) is 99.3 cm³/mol. The molecule has 0 saturated carbocycles. The second-order valence-electron chi connectivity index (χ2n) is 5.71. The van der Waals surface area contributed by atoms with Gasteiger partial charge in [0.1, 0.15) is 5.75 Å². The van der Waals surface area contributed by atoms with Crippen LogP contribution in [0.2, 0.25) is 5.02 Å². The lowest BCUT2D eigenvalue weighted by atomic mass is 10.1. The molecule has 0 spiro atoms. The quantitative estimate of drug-likeness (QED) is 0.804. The van der Waals surface area contributed by atoms with Crippen LogP contribution in [-0.4, -0.2) is 25.5 Å². The minimum absolute atomic E-state index is 0.327. The predicted octanol–water partition coefficient (Wildman–Crippen LogP) is 3.26. The first-order valence-corrected chi connectivity index (χ1v) is 8.28. The monoisotopic (exact) mass is 360 g/mol. The van der Waals surface area contributed by atoms with E-state index in [0.29, 0.717) is 23.7 Å². The standard InChI is InChI=1S/C19H21ClN2O3/c1-12-10-13(2)17(15(20)11-12)22-19(24)18(23)21-9-8-14-6-4-5-7-16(14)25-3/h4-7,10-11H,8-9H2,1-3H3,(H,21,23)(H,22,24). The molecule has 0 aliphatic carbocycles. The summed E-state index contributed by atoms with van der Waals surface area (Å²) in [5.41, 5.74) is 3.21. The minimum Gasteiger partial charge on any atom is -0.496 e. The van der Waals surface area contributed by atoms with Crippen molar-refractivity contribution in [1.82, 2.24) is 5.32 Å². The largest absolute Gasteiger partial charge is 0.496 e. The van der Waals surface area contributed by atoms with Crippen LogP contribution in [0.25, 0.3) is 0 Å². The third kappa shape index (κ3) is 4.97. The topological polar surface area (TPSA) is 67.4 Å². The molecule has 6 heteroatoms. The van der Waals surface area contributed by atoms with Crippen LogP contribution >= 0.6 is 11.6 Å². The van der Waals surface area contributed by atoms with Crippen LogP contribution in [0.5, 0.6) is 5.75 Å². The molecule has 0 saturated heterocycles. The number of anilines is 1. The van der Waals surface area contributed by atoms with E-state index in [0.717, 1.165) is 22.4 Å². The van der Waals surface area contributed by atoms with Gasteiger partial charge in [-0.2, -0.15) is 0 Å². The molecule has 0 radical (unpaired) electrons. The molecule has 0 aromatic heterocycles. The van der Waals surface area contributed by atoms with Crippen molar-refractivity contribution >= 4 is 29.1 Å². The van der Waals surface area contributed by atoms with Crippen molar-refractivity contribution in [1.29, 1.82) is 0 Å². The molecule has 2 aromatic rings. The van der Waals surface area contributed by atoms with E-state index in [2.05, 4.69) is 10.6 Å². The van der Waals surface area contributed by atoms with Crippen LogP contribution in [0.3, 0.4) is 0 Å². The number of halogens is 1. The number of benzene rings is 2. The summed E-state index contributed by atoms with van der Waals surface area (Å²) < 4.78 is 5.26. The Morgan fingerprint density at radius 2 is 1.84 bits per heavy atom. The van der Waals surface area contributed by atoms with Gasteiger partial charge < -0.3 is 15.4 Å². The molecule has 0 aliphatic heterocycles. The summed E-state index contributed by atoms with van der Waals surface area (Å²) in [6.45, 7) is 4.07. The zero-order valence-electron chi connectivity index (χ0n) is 14.5. The highest BCUT2D eigenvalue weighted by atomic mass is 35.5. The van der Waals surface area contributed by atoms with Gasteiger partial charge in [-0.15, -0.1) is 0 Å². The summed E-state index contributed by atoms with van der Waals surface area (Å²) in [5, 5.41) is 5.58. The fourth-order valence-electron chi connectivity index (χ4n) is 2.54. The zero-order chi connectivity index (χ0) is 18.4. The van der Waals surface area contributed by atoms with E-state index in [-0.39, 0.29) is 0 Å². The first-order valence-electron chi connectivity index (χ1n) is 7.90. The molecule has 0 aliphatic rings. The second-order valence-corrected chi connectivity index (χ2v) is 6.12. The van der Waals surface area contributed by atoms with Gasteiger partial charge in [-0.1, -0.05) is 35.9 Å². The van der Waals surface area contributed by atoms with Crippen LogP contribution in [0.4, 0.5) is 5.69 Å². The lowest BCUT2D eigenvalue weighted by Crippen LogP contribution is -2.36. The molecule has 0 heterocycles. The summed E-state index contributed by atoms with van der Waals surface area (Å²) in [7, 11) is 1.60. The number of amides is 2. The number of aryl methyl sites for hydroxylation is 2. The summed E-state index contributed by atoms with van der Waals surface area (Å²) in [5.74, 6) is -0.692. The second kappa shape index (κ2) is 8.53. The Kier molecular flexibility index (Phi) is 6.42. The number of para-hydroxylation sites is 1. The van der Waals surface area contributed by atoms with Crippen LogP contribution < -0.4 is 15.4 Å². The van der Waals surface area contributed by atoms with Crippen LogP contribution in [0, 0.1) is 13.8 Å². The third-order valence-corrected chi connectivity index (χ3v) is 4.05. The summed E-state index contributed by atoms with van der Waals surface area (Å²) in [4.78, 5) is 24.0. The van der Waals surface area contributed by atoms with Gasteiger partial charge in [0.2, 0.25) is 0 Å². The van der Waals surface area contributed by atoms with E-state index in [4.69, 9.17) is 16.3 Å². The van der Waals surface area contributed by atoms with Crippen molar-refractivity contribution in [3.8, 4) is 5.75 Å². The minimum atomic E-state index is -0.742. The molecule has 2 amide bonds. The lowest BCUT2D eigenvalue weighted by Gasteiger charge is -2.12. The van der Waals surface area contributed by atoms with E-state index in [1.807, 2.05) is 44.2 Å². The maximum Gasteiger partial charge on any atom is 0.313 e. The Labute approximate surface area is 152 Å². The molecule has 0 unspecified atom stereocenters. The Morgan fingerprint density at radius 3 is 2.52 bits per heavy atom. The first-order chi connectivity index (χ1) is 11.9. The van der Waals surface area contributed by atoms with Crippen molar-refractivity contribution in [3.63, 3.8) is 0 Å². The Hall–Kier alpha value is -2.53. The van der Waals surface area contributed by atoms with Crippen molar-refractivity contribution in [2.24, 2.45) is 0 Å². The highest BCUT2D eigenvalue weighted by molar-refractivity contribution is 6.41. The van der Waals surface area contributed by atoms with E-state index in [9.17, 15) is 9.59 Å². The highest BCUT2D eigenvalue weighted by Gasteiger charge is 2.16. The highest BCUT2D eigenvalue weighted by Crippen LogP contribution is 2.27. The van der Waals surface area contributed by atoms with Crippen molar-refractivity contribution < 1.29 is 14.3 Å². The molecule has 5 nitrogen and oxygen atoms in total. The number of ether oxygens (including phenoxy) is 1. The van der Waals surface area contributed by atoms with E-state index < -0.39 is 11.8 Å². The van der Waals surface area contributed by atoms with E-state index in [1.54, 1.807) is 13.2 Å². The Balaban J connectivity index is 1.92. The van der Waals surface area contributed by atoms with Crippen LogP contribution in [0.1, 0.15) is 16.7 Å². The number of carbonyl (C=O) groups excluding carboxylic acids is 2. The normalized spacial score (nSPS) is 10.2. The van der Waals surface area contributed by atoms with Gasteiger partial charge in [0.05, 0.1) is 17.8 Å². The van der Waals surface area contributed by atoms with Gasteiger partial charge in [-0.05, 0) is 49.1 Å². The molecule has 2 rings (SSSR count). The van der Waals surface area contributed by atoms with Crippen molar-refractivity contribution in [2.75, 3.05) is 19.0 Å². The summed E-state index contributed by atoms with van der Waals surface area (Å²) in [6.07, 6.45) is 0.563. The number of hydrogen-bond donors (Lipinski definition) is 2. The zero-order valence-corrected chi connectivity index (χ0v) is 15.2. The molecule has 2 aromatic carbocycles. The number of nitrogens with one attached hydrogen (secondary N) is 2. The molecular formula is C19H21ClN2O3. The molecule has 0 bridgehead atoms. The smallest absolute Gasteiger partial charge is 0.313 e. The summed E-state index contributed by atoms with van der Waals surface area (Å²) in [6, 6.07) is 11.2. The average molecular weight is 361 g/mol. The van der Waals surface area contributed by atoms with Gasteiger partial charge in [0.25, 0.3) is 0 Å². The van der Waals surface area contributed by atoms with Crippen molar-refractivity contribution in [3.05, 3.63) is 58.1 Å². The number of carbonyl (C=O) groups is 2. The van der Waals surface area contributed by atoms with E-state index in [1.165, 1.54) is 0 Å². The molecule has 0 fully saturated rings. The number of rotatable bonds is 5. The SMILES string of the molecule is COc1ccccc1CCNC(=O)C(=O)Nc1c(C)cc(C)cc1Cl. The maximum absolute atomic E-state index is 12.1.